The molecule has 0 bridgehead atoms. The van der Waals surface area contributed by atoms with E-state index in [2.05, 4.69) is 47.5 Å². The molecule has 148 valence electrons. The van der Waals surface area contributed by atoms with Gasteiger partial charge in [0.15, 0.2) is 5.78 Å². The lowest BCUT2D eigenvalue weighted by Gasteiger charge is -2.29. The summed E-state index contributed by atoms with van der Waals surface area (Å²) in [5.41, 5.74) is 2.95. The van der Waals surface area contributed by atoms with Gasteiger partial charge in [0.1, 0.15) is 0 Å². The second kappa shape index (κ2) is 8.71. The smallest absolute Gasteiger partial charge is 0.187 e. The average molecular weight is 405 g/mol. The Bertz CT molecular complexity index is 1060. The lowest BCUT2D eigenvalue weighted by molar-refractivity contribution is 0.104. The number of halogens is 1. The quantitative estimate of drug-likeness (QED) is 0.387. The zero-order valence-electron chi connectivity index (χ0n) is 16.6. The summed E-state index contributed by atoms with van der Waals surface area (Å²) in [4.78, 5) is 15.1. The third kappa shape index (κ3) is 4.63. The molecule has 1 fully saturated rings. The zero-order valence-corrected chi connectivity index (χ0v) is 17.3. The summed E-state index contributed by atoms with van der Waals surface area (Å²) in [7, 11) is 1.95. The van der Waals surface area contributed by atoms with Gasteiger partial charge >= 0.3 is 0 Å². The van der Waals surface area contributed by atoms with Gasteiger partial charge in [-0.1, -0.05) is 48.0 Å². The number of allylic oxidation sites excluding steroid dienone is 2. The van der Waals surface area contributed by atoms with Crippen LogP contribution in [-0.2, 0) is 7.05 Å². The maximum absolute atomic E-state index is 12.8. The lowest BCUT2D eigenvalue weighted by Crippen LogP contribution is -2.28. The van der Waals surface area contributed by atoms with E-state index in [4.69, 9.17) is 11.6 Å². The predicted octanol–water partition coefficient (Wildman–Crippen LogP) is 5.95. The van der Waals surface area contributed by atoms with Crippen molar-refractivity contribution in [3.8, 4) is 0 Å². The third-order valence-electron chi connectivity index (χ3n) is 5.59. The second-order valence-corrected chi connectivity index (χ2v) is 8.07. The monoisotopic (exact) mass is 404 g/mol. The van der Waals surface area contributed by atoms with Crippen LogP contribution in [0.15, 0.2) is 73.1 Å². The van der Waals surface area contributed by atoms with E-state index in [1.54, 1.807) is 6.08 Å². The molecule has 1 aromatic heterocycles. The van der Waals surface area contributed by atoms with Crippen LogP contribution in [0.25, 0.3) is 17.0 Å². The van der Waals surface area contributed by atoms with E-state index in [1.807, 2.05) is 42.1 Å². The Balaban J connectivity index is 1.36. The molecular weight excluding hydrogens is 380 g/mol. The third-order valence-corrected chi connectivity index (χ3v) is 5.82. The second-order valence-electron chi connectivity index (χ2n) is 7.64. The van der Waals surface area contributed by atoms with Crippen molar-refractivity contribution in [3.05, 3.63) is 89.2 Å². The van der Waals surface area contributed by atoms with Crippen LogP contribution >= 0.6 is 11.6 Å². The van der Waals surface area contributed by atoms with E-state index in [9.17, 15) is 4.79 Å². The molecule has 3 aromatic rings. The highest BCUT2D eigenvalue weighted by Gasteiger charge is 2.16. The van der Waals surface area contributed by atoms with Gasteiger partial charge in [-0.25, -0.2) is 0 Å². The number of nitrogens with zero attached hydrogens (tertiary/aromatic N) is 2. The minimum atomic E-state index is 0.0456. The molecule has 0 N–H and O–H groups in total. The number of aryl methyl sites for hydroxylation is 1. The van der Waals surface area contributed by atoms with Crippen LogP contribution in [0.4, 0.5) is 0 Å². The molecule has 0 aliphatic carbocycles. The van der Waals surface area contributed by atoms with E-state index in [0.29, 0.717) is 16.5 Å². The fourth-order valence-corrected chi connectivity index (χ4v) is 4.06. The van der Waals surface area contributed by atoms with Gasteiger partial charge in [0, 0.05) is 47.8 Å². The predicted molar refractivity (Wildman–Crippen MR) is 121 cm³/mol. The fourth-order valence-electron chi connectivity index (χ4n) is 3.89. The molecule has 0 amide bonds. The van der Waals surface area contributed by atoms with Crippen LogP contribution in [0, 0.1) is 5.92 Å². The van der Waals surface area contributed by atoms with Gasteiger partial charge in [0.05, 0.1) is 0 Å². The first-order valence-electron chi connectivity index (χ1n) is 10.0. The van der Waals surface area contributed by atoms with Crippen molar-refractivity contribution in [2.45, 2.75) is 12.8 Å². The Morgan fingerprint density at radius 1 is 1.10 bits per heavy atom. The van der Waals surface area contributed by atoms with E-state index in [0.717, 1.165) is 36.8 Å². The molecule has 0 atom stereocenters. The van der Waals surface area contributed by atoms with E-state index in [1.165, 1.54) is 5.56 Å². The number of piperidine rings is 1. The van der Waals surface area contributed by atoms with Crippen molar-refractivity contribution < 1.29 is 4.79 Å². The van der Waals surface area contributed by atoms with Crippen molar-refractivity contribution in [2.24, 2.45) is 13.0 Å². The molecule has 2 aromatic carbocycles. The van der Waals surface area contributed by atoms with Crippen LogP contribution in [0.1, 0.15) is 28.8 Å². The van der Waals surface area contributed by atoms with Crippen molar-refractivity contribution in [1.29, 1.82) is 0 Å². The maximum Gasteiger partial charge on any atom is 0.187 e. The number of likely N-dealkylation sites (tertiary alicyclic amines) is 1. The minimum absolute atomic E-state index is 0.0456. The summed E-state index contributed by atoms with van der Waals surface area (Å²) >= 11 is 6.13. The van der Waals surface area contributed by atoms with Gasteiger partial charge in [-0.2, -0.15) is 0 Å². The summed E-state index contributed by atoms with van der Waals surface area (Å²) in [5, 5.41) is 1.56. The molecule has 2 heterocycles. The first kappa shape index (κ1) is 19.5. The molecule has 0 radical (unpaired) electrons. The topological polar surface area (TPSA) is 25.2 Å². The highest BCUT2D eigenvalue weighted by molar-refractivity contribution is 6.31. The number of ketones is 1. The summed E-state index contributed by atoms with van der Waals surface area (Å²) < 4.78 is 1.98. The largest absolute Gasteiger partial charge is 0.377 e. The van der Waals surface area contributed by atoms with Crippen LogP contribution in [0.2, 0.25) is 5.02 Å². The number of hydrogen-bond donors (Lipinski definition) is 0. The Kier molecular flexibility index (Phi) is 5.86. The number of rotatable bonds is 5. The Labute approximate surface area is 176 Å². The standard InChI is InChI=1S/C25H25ClN2O/c1-27-18-23(22-17-21(26)8-9-24(22)27)25(29)10-7-20-12-15-28(16-13-20)14-11-19-5-3-2-4-6-19/h2-11,14,17-18,20H,12-13,15-16H2,1H3. The summed E-state index contributed by atoms with van der Waals surface area (Å²) in [6.45, 7) is 2.02. The number of aromatic nitrogens is 1. The normalized spacial score (nSPS) is 15.7. The van der Waals surface area contributed by atoms with Crippen molar-refractivity contribution in [1.82, 2.24) is 9.47 Å². The molecule has 1 saturated heterocycles. The number of carbonyl (C=O) groups excluding carboxylic acids is 1. The molecule has 0 saturated carbocycles. The minimum Gasteiger partial charge on any atom is -0.377 e. The maximum atomic E-state index is 12.8. The number of fused-ring (bicyclic) bond motifs is 1. The number of carbonyl (C=O) groups is 1. The summed E-state index contributed by atoms with van der Waals surface area (Å²) in [6.07, 6.45) is 12.2. The first-order valence-corrected chi connectivity index (χ1v) is 10.4. The van der Waals surface area contributed by atoms with Gasteiger partial charge in [0.2, 0.25) is 0 Å². The SMILES string of the molecule is Cn1cc(C(=O)C=CC2CCN(C=Cc3ccccc3)CC2)c2cc(Cl)ccc21. The highest BCUT2D eigenvalue weighted by atomic mass is 35.5. The van der Waals surface area contributed by atoms with Crippen molar-refractivity contribution >= 4 is 34.4 Å². The van der Waals surface area contributed by atoms with Crippen LogP contribution < -0.4 is 0 Å². The highest BCUT2D eigenvalue weighted by Crippen LogP contribution is 2.26. The number of benzene rings is 2. The Morgan fingerprint density at radius 3 is 2.62 bits per heavy atom. The molecule has 3 nitrogen and oxygen atoms in total. The van der Waals surface area contributed by atoms with Crippen molar-refractivity contribution in [3.63, 3.8) is 0 Å². The molecule has 4 rings (SSSR count). The Morgan fingerprint density at radius 2 is 1.86 bits per heavy atom. The van der Waals surface area contributed by atoms with Gasteiger partial charge in [-0.15, -0.1) is 0 Å². The molecule has 0 spiro atoms. The van der Waals surface area contributed by atoms with E-state index in [-0.39, 0.29) is 5.78 Å². The molecule has 1 aliphatic rings. The van der Waals surface area contributed by atoms with Gasteiger partial charge in [-0.05, 0) is 60.9 Å². The average Bonchev–Trinajstić information content (AvgIpc) is 3.07. The van der Waals surface area contributed by atoms with Crippen LogP contribution in [0.5, 0.6) is 0 Å². The Hall–Kier alpha value is -2.78. The zero-order chi connectivity index (χ0) is 20.2. The molecule has 1 aliphatic heterocycles. The van der Waals surface area contributed by atoms with Crippen LogP contribution in [0.3, 0.4) is 0 Å². The van der Waals surface area contributed by atoms with Gasteiger partial charge in [-0.3, -0.25) is 4.79 Å². The molecular formula is C25H25ClN2O. The van der Waals surface area contributed by atoms with Crippen molar-refractivity contribution in [2.75, 3.05) is 13.1 Å². The number of hydrogen-bond acceptors (Lipinski definition) is 2. The van der Waals surface area contributed by atoms with Gasteiger partial charge in [0.25, 0.3) is 0 Å². The summed E-state index contributed by atoms with van der Waals surface area (Å²) in [6, 6.07) is 16.0. The first-order chi connectivity index (χ1) is 14.1. The lowest BCUT2D eigenvalue weighted by atomic mass is 9.95. The van der Waals surface area contributed by atoms with E-state index < -0.39 is 0 Å². The fraction of sp³-hybridized carbons (Fsp3) is 0.240. The van der Waals surface area contributed by atoms with Gasteiger partial charge < -0.3 is 9.47 Å². The summed E-state index contributed by atoms with van der Waals surface area (Å²) in [5.74, 6) is 0.489. The molecule has 29 heavy (non-hydrogen) atoms. The van der Waals surface area contributed by atoms with E-state index >= 15 is 0 Å². The molecule has 0 unspecified atom stereocenters. The molecule has 4 heteroatoms. The van der Waals surface area contributed by atoms with Crippen LogP contribution in [-0.4, -0.2) is 28.3 Å².